The summed E-state index contributed by atoms with van der Waals surface area (Å²) in [5, 5.41) is 9.05. The predicted molar refractivity (Wildman–Crippen MR) is 88.9 cm³/mol. The summed E-state index contributed by atoms with van der Waals surface area (Å²) in [5.74, 6) is -0.00167. The number of likely N-dealkylation sites (N-methyl/N-ethyl adjacent to an activating group) is 1. The molecule has 0 aromatic carbocycles. The molecule has 0 spiro atoms. The molecule has 1 unspecified atom stereocenters. The van der Waals surface area contributed by atoms with Crippen molar-refractivity contribution in [3.8, 4) is 0 Å². The number of carbonyl (C=O) groups is 3. The Morgan fingerprint density at radius 3 is 2.22 bits per heavy atom. The number of carboxylic acid groups (broad SMARTS) is 1. The normalized spacial score (nSPS) is 28.0. The van der Waals surface area contributed by atoms with Crippen LogP contribution in [0.25, 0.3) is 0 Å². The van der Waals surface area contributed by atoms with Crippen LogP contribution < -0.4 is 0 Å². The maximum absolute atomic E-state index is 12.8. The zero-order valence-corrected chi connectivity index (χ0v) is 14.8. The number of nitrogens with zero attached hydrogens (tertiary/aromatic N) is 2. The molecule has 130 valence electrons. The molecule has 2 rings (SSSR count). The van der Waals surface area contributed by atoms with E-state index in [0.29, 0.717) is 37.3 Å². The molecule has 0 aromatic rings. The molecule has 1 heterocycles. The quantitative estimate of drug-likeness (QED) is 0.840. The van der Waals surface area contributed by atoms with Gasteiger partial charge in [-0.25, -0.2) is 0 Å². The maximum atomic E-state index is 12.8. The Hall–Kier alpha value is -1.24. The Balaban J connectivity index is 1.98. The summed E-state index contributed by atoms with van der Waals surface area (Å²) in [7, 11) is 1.77. The van der Waals surface area contributed by atoms with Gasteiger partial charge in [-0.3, -0.25) is 14.4 Å². The Labute approximate surface area is 141 Å². The fourth-order valence-electron chi connectivity index (χ4n) is 3.18. The van der Waals surface area contributed by atoms with Crippen molar-refractivity contribution in [1.82, 2.24) is 9.80 Å². The van der Waals surface area contributed by atoms with Crippen LogP contribution in [0.4, 0.5) is 0 Å². The minimum atomic E-state index is -0.765. The van der Waals surface area contributed by atoms with Crippen LogP contribution in [0.1, 0.15) is 39.5 Å². The van der Waals surface area contributed by atoms with Gasteiger partial charge in [0.15, 0.2) is 0 Å². The zero-order chi connectivity index (χ0) is 17.1. The lowest BCUT2D eigenvalue weighted by atomic mass is 9.81. The highest BCUT2D eigenvalue weighted by Gasteiger charge is 2.40. The van der Waals surface area contributed by atoms with Crippen LogP contribution in [0.5, 0.6) is 0 Å². The van der Waals surface area contributed by atoms with E-state index in [1.807, 2.05) is 13.8 Å². The molecule has 2 amide bonds. The first kappa shape index (κ1) is 18.1. The third-order valence-corrected chi connectivity index (χ3v) is 6.01. The van der Waals surface area contributed by atoms with Crippen molar-refractivity contribution in [2.24, 2.45) is 11.8 Å². The van der Waals surface area contributed by atoms with Gasteiger partial charge in [-0.15, -0.1) is 11.8 Å². The fraction of sp³-hybridized carbons (Fsp3) is 0.812. The third kappa shape index (κ3) is 4.00. The summed E-state index contributed by atoms with van der Waals surface area (Å²) in [6, 6.07) is -0.270. The van der Waals surface area contributed by atoms with Gasteiger partial charge < -0.3 is 14.9 Å². The van der Waals surface area contributed by atoms with Crippen molar-refractivity contribution >= 4 is 29.5 Å². The van der Waals surface area contributed by atoms with Gasteiger partial charge in [0.1, 0.15) is 6.04 Å². The summed E-state index contributed by atoms with van der Waals surface area (Å²) in [5.41, 5.74) is 0. The number of aliphatic carboxylic acids is 1. The van der Waals surface area contributed by atoms with E-state index in [-0.39, 0.29) is 35.7 Å². The van der Waals surface area contributed by atoms with E-state index in [2.05, 4.69) is 0 Å². The monoisotopic (exact) mass is 342 g/mol. The van der Waals surface area contributed by atoms with Crippen molar-refractivity contribution in [3.63, 3.8) is 0 Å². The smallest absolute Gasteiger partial charge is 0.306 e. The first-order valence-electron chi connectivity index (χ1n) is 8.20. The molecule has 1 atom stereocenters. The Kier molecular flexibility index (Phi) is 5.95. The van der Waals surface area contributed by atoms with Crippen LogP contribution in [-0.4, -0.2) is 63.5 Å². The highest BCUT2D eigenvalue weighted by molar-refractivity contribution is 7.99. The standard InChI is InChI=1S/C16H26N2O4S/c1-10(2)17(3)15(20)13-8-23-9-18(13)14(19)11-4-6-12(7-5-11)16(21)22/h10-13H,4-9H2,1-3H3,(H,21,22). The van der Waals surface area contributed by atoms with Gasteiger partial charge in [0.25, 0.3) is 0 Å². The molecule has 7 heteroatoms. The van der Waals surface area contributed by atoms with Crippen molar-refractivity contribution in [2.45, 2.75) is 51.6 Å². The van der Waals surface area contributed by atoms with E-state index in [1.165, 1.54) is 0 Å². The Bertz CT molecular complexity index is 475. The first-order valence-corrected chi connectivity index (χ1v) is 9.36. The summed E-state index contributed by atoms with van der Waals surface area (Å²) >= 11 is 1.61. The first-order chi connectivity index (χ1) is 10.8. The highest BCUT2D eigenvalue weighted by Crippen LogP contribution is 2.33. The number of rotatable bonds is 4. The number of carboxylic acids is 1. The number of hydrogen-bond acceptors (Lipinski definition) is 4. The summed E-state index contributed by atoms with van der Waals surface area (Å²) in [6.45, 7) is 3.92. The van der Waals surface area contributed by atoms with E-state index in [9.17, 15) is 14.4 Å². The van der Waals surface area contributed by atoms with Crippen LogP contribution in [0, 0.1) is 11.8 Å². The largest absolute Gasteiger partial charge is 0.481 e. The molecule has 2 aliphatic rings. The zero-order valence-electron chi connectivity index (χ0n) is 14.0. The molecule has 0 aromatic heterocycles. The molecule has 0 radical (unpaired) electrons. The van der Waals surface area contributed by atoms with E-state index in [4.69, 9.17) is 5.11 Å². The topological polar surface area (TPSA) is 77.9 Å². The minimum Gasteiger partial charge on any atom is -0.481 e. The fourth-order valence-corrected chi connectivity index (χ4v) is 4.33. The lowest BCUT2D eigenvalue weighted by molar-refractivity contribution is -0.148. The van der Waals surface area contributed by atoms with Crippen LogP contribution in [0.2, 0.25) is 0 Å². The maximum Gasteiger partial charge on any atom is 0.306 e. The van der Waals surface area contributed by atoms with Crippen molar-refractivity contribution in [2.75, 3.05) is 18.7 Å². The predicted octanol–water partition coefficient (Wildman–Crippen LogP) is 1.65. The minimum absolute atomic E-state index is 0.00225. The lowest BCUT2D eigenvalue weighted by Crippen LogP contribution is -2.51. The number of hydrogen-bond donors (Lipinski definition) is 1. The van der Waals surface area contributed by atoms with Gasteiger partial charge in [-0.2, -0.15) is 0 Å². The van der Waals surface area contributed by atoms with Crippen molar-refractivity contribution in [1.29, 1.82) is 0 Å². The summed E-state index contributed by atoms with van der Waals surface area (Å²) < 4.78 is 0. The molecular weight excluding hydrogens is 316 g/mol. The molecule has 1 saturated heterocycles. The second-order valence-electron chi connectivity index (χ2n) is 6.75. The third-order valence-electron chi connectivity index (χ3n) is 5.00. The van der Waals surface area contributed by atoms with E-state index in [0.717, 1.165) is 0 Å². The average Bonchev–Trinajstić information content (AvgIpc) is 3.02. The molecule has 23 heavy (non-hydrogen) atoms. The van der Waals surface area contributed by atoms with Gasteiger partial charge in [-0.05, 0) is 39.5 Å². The van der Waals surface area contributed by atoms with Gasteiger partial charge in [-0.1, -0.05) is 0 Å². The van der Waals surface area contributed by atoms with Crippen LogP contribution >= 0.6 is 11.8 Å². The van der Waals surface area contributed by atoms with E-state index < -0.39 is 5.97 Å². The number of carbonyl (C=O) groups excluding carboxylic acids is 2. The molecule has 1 saturated carbocycles. The number of amides is 2. The number of thioether (sulfide) groups is 1. The van der Waals surface area contributed by atoms with E-state index >= 15 is 0 Å². The van der Waals surface area contributed by atoms with Gasteiger partial charge >= 0.3 is 5.97 Å². The van der Waals surface area contributed by atoms with Gasteiger partial charge in [0.05, 0.1) is 11.8 Å². The molecular formula is C16H26N2O4S. The highest BCUT2D eigenvalue weighted by atomic mass is 32.2. The van der Waals surface area contributed by atoms with Crippen LogP contribution in [-0.2, 0) is 14.4 Å². The molecule has 0 bridgehead atoms. The summed E-state index contributed by atoms with van der Waals surface area (Å²) in [6.07, 6.45) is 2.32. The summed E-state index contributed by atoms with van der Waals surface area (Å²) in [4.78, 5) is 39.8. The second kappa shape index (κ2) is 7.55. The SMILES string of the molecule is CC(C)N(C)C(=O)C1CSCN1C(=O)C1CCC(C(=O)O)CC1. The molecule has 6 nitrogen and oxygen atoms in total. The average molecular weight is 342 g/mol. The lowest BCUT2D eigenvalue weighted by Gasteiger charge is -2.33. The molecule has 1 N–H and O–H groups in total. The van der Waals surface area contributed by atoms with Gasteiger partial charge in [0.2, 0.25) is 11.8 Å². The van der Waals surface area contributed by atoms with E-state index in [1.54, 1.807) is 28.6 Å². The molecule has 1 aliphatic carbocycles. The van der Waals surface area contributed by atoms with Crippen LogP contribution in [0.15, 0.2) is 0 Å². The van der Waals surface area contributed by atoms with Crippen molar-refractivity contribution < 1.29 is 19.5 Å². The van der Waals surface area contributed by atoms with Gasteiger partial charge in [0, 0.05) is 24.8 Å². The van der Waals surface area contributed by atoms with Crippen molar-refractivity contribution in [3.05, 3.63) is 0 Å². The van der Waals surface area contributed by atoms with Crippen LogP contribution in [0.3, 0.4) is 0 Å². The Morgan fingerprint density at radius 2 is 1.70 bits per heavy atom. The molecule has 1 aliphatic heterocycles. The second-order valence-corrected chi connectivity index (χ2v) is 7.75. The molecule has 2 fully saturated rings. The Morgan fingerprint density at radius 1 is 1.13 bits per heavy atom.